The van der Waals surface area contributed by atoms with Gasteiger partial charge in [0.25, 0.3) is 0 Å². The van der Waals surface area contributed by atoms with Gasteiger partial charge in [-0.2, -0.15) is 5.26 Å². The van der Waals surface area contributed by atoms with Crippen LogP contribution < -0.4 is 5.32 Å². The smallest absolute Gasteiger partial charge is 0.320 e. The van der Waals surface area contributed by atoms with Gasteiger partial charge in [-0.15, -0.1) is 6.58 Å². The summed E-state index contributed by atoms with van der Waals surface area (Å²) in [6, 6.07) is 2.04. The largest absolute Gasteiger partial charge is 0.461 e. The van der Waals surface area contributed by atoms with Gasteiger partial charge in [-0.05, 0) is 39.7 Å². The van der Waals surface area contributed by atoms with E-state index in [0.717, 1.165) is 25.8 Å². The number of rotatable bonds is 8. The van der Waals surface area contributed by atoms with Crippen LogP contribution in [-0.4, -0.2) is 49.2 Å². The lowest BCUT2D eigenvalue weighted by Crippen LogP contribution is -2.53. The average molecular weight is 321 g/mol. The van der Waals surface area contributed by atoms with E-state index in [1.807, 2.05) is 12.1 Å². The summed E-state index contributed by atoms with van der Waals surface area (Å²) in [5.74, 6) is 0.603. The Balaban J connectivity index is 2.71. The second-order valence-electron chi connectivity index (χ2n) is 7.27. The zero-order valence-electron chi connectivity index (χ0n) is 15.0. The Hall–Kier alpha value is -1.38. The molecule has 0 amide bonds. The number of ether oxygens (including phenoxy) is 1. The van der Waals surface area contributed by atoms with E-state index >= 15 is 0 Å². The molecule has 1 aliphatic carbocycles. The van der Waals surface area contributed by atoms with E-state index in [1.165, 1.54) is 0 Å². The minimum absolute atomic E-state index is 0.0750. The molecule has 1 rings (SSSR count). The molecule has 0 aliphatic heterocycles. The van der Waals surface area contributed by atoms with Crippen LogP contribution in [0.15, 0.2) is 12.7 Å². The van der Waals surface area contributed by atoms with E-state index in [-0.39, 0.29) is 36.6 Å². The van der Waals surface area contributed by atoms with Crippen LogP contribution in [0.25, 0.3) is 0 Å². The third kappa shape index (κ3) is 6.32. The molecule has 1 N–H and O–H groups in total. The Kier molecular flexibility index (Phi) is 7.74. The highest BCUT2D eigenvalue weighted by Gasteiger charge is 2.40. The SMILES string of the molecule is C=CCNC(C)(C)[C@@H]1CC[C@@H](C)C[C@H]1OC(=O)CN(C)CC#N. The molecule has 0 aromatic heterocycles. The van der Waals surface area contributed by atoms with Gasteiger partial charge in [0.05, 0.1) is 19.2 Å². The van der Waals surface area contributed by atoms with Crippen LogP contribution >= 0.6 is 0 Å². The van der Waals surface area contributed by atoms with E-state index in [9.17, 15) is 4.79 Å². The monoisotopic (exact) mass is 321 g/mol. The Bertz CT molecular complexity index is 442. The second kappa shape index (κ2) is 9.05. The summed E-state index contributed by atoms with van der Waals surface area (Å²) < 4.78 is 5.80. The predicted molar refractivity (Wildman–Crippen MR) is 91.8 cm³/mol. The van der Waals surface area contributed by atoms with Crippen LogP contribution in [0.5, 0.6) is 0 Å². The molecule has 23 heavy (non-hydrogen) atoms. The van der Waals surface area contributed by atoms with Gasteiger partial charge >= 0.3 is 5.97 Å². The first-order valence-electron chi connectivity index (χ1n) is 8.41. The summed E-state index contributed by atoms with van der Waals surface area (Å²) in [5.41, 5.74) is -0.113. The van der Waals surface area contributed by atoms with Crippen molar-refractivity contribution in [1.29, 1.82) is 5.26 Å². The van der Waals surface area contributed by atoms with Crippen molar-refractivity contribution in [3.05, 3.63) is 12.7 Å². The number of likely N-dealkylation sites (N-methyl/N-ethyl adjacent to an activating group) is 1. The van der Waals surface area contributed by atoms with Gasteiger partial charge in [0.1, 0.15) is 6.10 Å². The molecule has 0 bridgehead atoms. The molecule has 0 unspecified atom stereocenters. The van der Waals surface area contributed by atoms with Crippen molar-refractivity contribution in [2.75, 3.05) is 26.7 Å². The van der Waals surface area contributed by atoms with Crippen LogP contribution in [-0.2, 0) is 9.53 Å². The lowest BCUT2D eigenvalue weighted by atomic mass is 9.71. The standard InChI is InChI=1S/C18H31N3O2/c1-6-10-20-18(3,4)15-8-7-14(2)12-16(15)23-17(22)13-21(5)11-9-19/h6,14-16,20H,1,7-8,10-13H2,2-5H3/t14-,15-,16-/m1/s1. The number of hydrogen-bond donors (Lipinski definition) is 1. The van der Waals surface area contributed by atoms with E-state index in [4.69, 9.17) is 10.00 Å². The lowest BCUT2D eigenvalue weighted by Gasteiger charge is -2.44. The van der Waals surface area contributed by atoms with E-state index in [0.29, 0.717) is 5.92 Å². The van der Waals surface area contributed by atoms with Crippen molar-refractivity contribution in [2.24, 2.45) is 11.8 Å². The fourth-order valence-electron chi connectivity index (χ4n) is 3.35. The van der Waals surface area contributed by atoms with Gasteiger partial charge in [-0.1, -0.05) is 19.4 Å². The van der Waals surface area contributed by atoms with Crippen molar-refractivity contribution >= 4 is 5.97 Å². The molecule has 0 spiro atoms. The van der Waals surface area contributed by atoms with Crippen molar-refractivity contribution in [3.63, 3.8) is 0 Å². The van der Waals surface area contributed by atoms with Gasteiger partial charge < -0.3 is 10.1 Å². The molecule has 1 fully saturated rings. The maximum absolute atomic E-state index is 12.2. The van der Waals surface area contributed by atoms with Crippen LogP contribution in [0.3, 0.4) is 0 Å². The number of nitrogens with one attached hydrogen (secondary N) is 1. The summed E-state index contributed by atoms with van der Waals surface area (Å²) in [5, 5.41) is 12.2. The normalized spacial score (nSPS) is 25.0. The molecule has 0 saturated heterocycles. The second-order valence-corrected chi connectivity index (χ2v) is 7.27. The molecule has 0 aromatic carbocycles. The molecular weight excluding hydrogens is 290 g/mol. The maximum Gasteiger partial charge on any atom is 0.320 e. The topological polar surface area (TPSA) is 65.4 Å². The minimum atomic E-state index is -0.244. The maximum atomic E-state index is 12.2. The van der Waals surface area contributed by atoms with Gasteiger partial charge in [0.2, 0.25) is 0 Å². The van der Waals surface area contributed by atoms with Crippen LogP contribution in [0.4, 0.5) is 0 Å². The molecular formula is C18H31N3O2. The van der Waals surface area contributed by atoms with E-state index in [2.05, 4.69) is 32.7 Å². The molecule has 5 heteroatoms. The number of nitriles is 1. The zero-order chi connectivity index (χ0) is 17.5. The molecule has 0 heterocycles. The quantitative estimate of drug-likeness (QED) is 0.422. The first kappa shape index (κ1) is 19.7. The van der Waals surface area contributed by atoms with Crippen LogP contribution in [0.1, 0.15) is 40.0 Å². The Morgan fingerprint density at radius 1 is 1.52 bits per heavy atom. The summed E-state index contributed by atoms with van der Waals surface area (Å²) in [6.45, 7) is 11.4. The number of hydrogen-bond acceptors (Lipinski definition) is 5. The Morgan fingerprint density at radius 2 is 2.22 bits per heavy atom. The van der Waals surface area contributed by atoms with Gasteiger partial charge in [0, 0.05) is 18.0 Å². The third-order valence-corrected chi connectivity index (χ3v) is 4.71. The summed E-state index contributed by atoms with van der Waals surface area (Å²) >= 11 is 0. The number of nitrogens with zero attached hydrogens (tertiary/aromatic N) is 2. The highest BCUT2D eigenvalue weighted by Crippen LogP contribution is 2.37. The zero-order valence-corrected chi connectivity index (χ0v) is 15.0. The van der Waals surface area contributed by atoms with Crippen molar-refractivity contribution in [2.45, 2.75) is 51.7 Å². The Morgan fingerprint density at radius 3 is 2.83 bits per heavy atom. The highest BCUT2D eigenvalue weighted by atomic mass is 16.5. The lowest BCUT2D eigenvalue weighted by molar-refractivity contribution is -0.157. The van der Waals surface area contributed by atoms with E-state index < -0.39 is 0 Å². The summed E-state index contributed by atoms with van der Waals surface area (Å²) in [4.78, 5) is 13.9. The van der Waals surface area contributed by atoms with Crippen LogP contribution in [0.2, 0.25) is 0 Å². The van der Waals surface area contributed by atoms with Gasteiger partial charge in [-0.3, -0.25) is 9.69 Å². The fourth-order valence-corrected chi connectivity index (χ4v) is 3.35. The van der Waals surface area contributed by atoms with Crippen molar-refractivity contribution < 1.29 is 9.53 Å². The third-order valence-electron chi connectivity index (χ3n) is 4.71. The number of carbonyl (C=O) groups excluding carboxylic acids is 1. The van der Waals surface area contributed by atoms with E-state index in [1.54, 1.807) is 11.9 Å². The van der Waals surface area contributed by atoms with Gasteiger partial charge in [-0.25, -0.2) is 0 Å². The summed E-state index contributed by atoms with van der Waals surface area (Å²) in [7, 11) is 1.75. The first-order chi connectivity index (χ1) is 10.8. The summed E-state index contributed by atoms with van der Waals surface area (Å²) in [6.07, 6.45) is 4.88. The predicted octanol–water partition coefficient (Wildman–Crippen LogP) is 2.34. The molecule has 1 aliphatic rings. The molecule has 5 nitrogen and oxygen atoms in total. The fraction of sp³-hybridized carbons (Fsp3) is 0.778. The Labute approximate surface area is 140 Å². The van der Waals surface area contributed by atoms with Crippen molar-refractivity contribution in [3.8, 4) is 6.07 Å². The minimum Gasteiger partial charge on any atom is -0.461 e. The molecule has 0 aromatic rings. The first-order valence-corrected chi connectivity index (χ1v) is 8.41. The average Bonchev–Trinajstić information content (AvgIpc) is 2.45. The van der Waals surface area contributed by atoms with Crippen molar-refractivity contribution in [1.82, 2.24) is 10.2 Å². The number of carbonyl (C=O) groups is 1. The molecule has 3 atom stereocenters. The van der Waals surface area contributed by atoms with Gasteiger partial charge in [0.15, 0.2) is 0 Å². The molecule has 0 radical (unpaired) electrons. The number of esters is 1. The molecule has 130 valence electrons. The molecule has 1 saturated carbocycles. The highest BCUT2D eigenvalue weighted by molar-refractivity contribution is 5.71. The van der Waals surface area contributed by atoms with Crippen LogP contribution in [0, 0.1) is 23.2 Å².